The first-order chi connectivity index (χ1) is 11.9. The molecule has 0 bridgehead atoms. The van der Waals surface area contributed by atoms with Crippen molar-refractivity contribution in [1.82, 2.24) is 5.32 Å². The number of carbonyl (C=O) groups is 1. The maximum atomic E-state index is 11.9. The summed E-state index contributed by atoms with van der Waals surface area (Å²) in [6.07, 6.45) is 10.7. The molecule has 150 valence electrons. The fraction of sp³-hybridized carbons (Fsp3) is 0.952. The highest BCUT2D eigenvalue weighted by Crippen LogP contribution is 2.66. The van der Waals surface area contributed by atoms with Gasteiger partial charge in [-0.1, -0.05) is 13.8 Å². The van der Waals surface area contributed by atoms with Crippen molar-refractivity contribution < 1.29 is 9.90 Å². The summed E-state index contributed by atoms with van der Waals surface area (Å²) in [6.45, 7) is 5.07. The Balaban J connectivity index is 0.00000196. The monoisotopic (exact) mass is 384 g/mol. The smallest absolute Gasteiger partial charge is 0.233 e. The summed E-state index contributed by atoms with van der Waals surface area (Å²) in [4.78, 5) is 11.9. The maximum absolute atomic E-state index is 11.9. The Kier molecular flexibility index (Phi) is 5.70. The minimum Gasteiger partial charge on any atom is -0.393 e. The Labute approximate surface area is 164 Å². The first-order valence-corrected chi connectivity index (χ1v) is 10.6. The molecule has 4 saturated carbocycles. The van der Waals surface area contributed by atoms with Crippen molar-refractivity contribution >= 4 is 18.3 Å². The van der Waals surface area contributed by atoms with Crippen LogP contribution in [0.15, 0.2) is 0 Å². The first-order valence-electron chi connectivity index (χ1n) is 10.6. The number of nitrogens with two attached hydrogens (primary N) is 1. The van der Waals surface area contributed by atoms with Crippen LogP contribution in [0.2, 0.25) is 0 Å². The van der Waals surface area contributed by atoms with Crippen LogP contribution in [0.25, 0.3) is 0 Å². The van der Waals surface area contributed by atoms with Gasteiger partial charge in [0.1, 0.15) is 0 Å². The van der Waals surface area contributed by atoms with E-state index >= 15 is 0 Å². The Hall–Kier alpha value is -0.320. The lowest BCUT2D eigenvalue weighted by Crippen LogP contribution is -2.56. The van der Waals surface area contributed by atoms with E-state index in [1.165, 1.54) is 38.5 Å². The summed E-state index contributed by atoms with van der Waals surface area (Å²) in [5.41, 5.74) is 6.22. The second-order valence-electron chi connectivity index (χ2n) is 10.0. The SMILES string of the molecule is C[C@]12CC[C@H](O)C[C@@H]1CC[C@@H]1[C@@H]2CC[C@]2(C)[C@@H](NC(=O)CN)CC[C@@H]12.Cl. The van der Waals surface area contributed by atoms with Crippen LogP contribution in [-0.2, 0) is 4.79 Å². The van der Waals surface area contributed by atoms with Crippen molar-refractivity contribution in [2.45, 2.75) is 83.8 Å². The van der Waals surface area contributed by atoms with Crippen LogP contribution >= 0.6 is 12.4 Å². The molecular formula is C21H37ClN2O2. The van der Waals surface area contributed by atoms with Crippen LogP contribution in [-0.4, -0.2) is 29.7 Å². The van der Waals surface area contributed by atoms with Crippen LogP contribution in [0.3, 0.4) is 0 Å². The molecule has 0 heterocycles. The van der Waals surface area contributed by atoms with Crippen molar-refractivity contribution in [3.8, 4) is 0 Å². The fourth-order valence-electron chi connectivity index (χ4n) is 7.73. The summed E-state index contributed by atoms with van der Waals surface area (Å²) in [5.74, 6) is 3.11. The Bertz CT molecular complexity index is 544. The predicted molar refractivity (Wildman–Crippen MR) is 106 cm³/mol. The van der Waals surface area contributed by atoms with E-state index in [1.54, 1.807) is 0 Å². The molecule has 4 aliphatic rings. The van der Waals surface area contributed by atoms with E-state index in [-0.39, 0.29) is 36.4 Å². The Morgan fingerprint density at radius 1 is 1.04 bits per heavy atom. The molecule has 8 atom stereocenters. The van der Waals surface area contributed by atoms with Gasteiger partial charge in [0.25, 0.3) is 0 Å². The summed E-state index contributed by atoms with van der Waals surface area (Å²) < 4.78 is 0. The van der Waals surface area contributed by atoms with Crippen molar-refractivity contribution in [2.75, 3.05) is 6.54 Å². The average molecular weight is 385 g/mol. The second kappa shape index (κ2) is 7.25. The van der Waals surface area contributed by atoms with Crippen molar-refractivity contribution in [1.29, 1.82) is 0 Å². The molecule has 4 fully saturated rings. The van der Waals surface area contributed by atoms with Crippen molar-refractivity contribution in [3.63, 3.8) is 0 Å². The second-order valence-corrected chi connectivity index (χ2v) is 10.0. The van der Waals surface area contributed by atoms with Gasteiger partial charge in [-0.05, 0) is 92.3 Å². The summed E-state index contributed by atoms with van der Waals surface area (Å²) in [6, 6.07) is 0.313. The third-order valence-corrected chi connectivity index (χ3v) is 9.16. The van der Waals surface area contributed by atoms with E-state index in [0.717, 1.165) is 42.9 Å². The van der Waals surface area contributed by atoms with Gasteiger partial charge < -0.3 is 16.2 Å². The van der Waals surface area contributed by atoms with Gasteiger partial charge in [0.2, 0.25) is 5.91 Å². The van der Waals surface area contributed by atoms with Crippen LogP contribution in [0, 0.1) is 34.5 Å². The first kappa shape index (κ1) is 20.4. The quantitative estimate of drug-likeness (QED) is 0.684. The average Bonchev–Trinajstić information content (AvgIpc) is 2.92. The van der Waals surface area contributed by atoms with Crippen molar-refractivity contribution in [2.24, 2.45) is 40.2 Å². The van der Waals surface area contributed by atoms with Gasteiger partial charge in [-0.2, -0.15) is 0 Å². The topological polar surface area (TPSA) is 75.3 Å². The molecule has 4 N–H and O–H groups in total. The highest BCUT2D eigenvalue weighted by molar-refractivity contribution is 5.85. The van der Waals surface area contributed by atoms with Gasteiger partial charge in [0.15, 0.2) is 0 Å². The number of aliphatic hydroxyl groups excluding tert-OH is 1. The zero-order valence-corrected chi connectivity index (χ0v) is 17.2. The van der Waals surface area contributed by atoms with Gasteiger partial charge >= 0.3 is 0 Å². The molecule has 0 aromatic heterocycles. The molecule has 5 heteroatoms. The highest BCUT2D eigenvalue weighted by Gasteiger charge is 2.60. The minimum atomic E-state index is -0.0641. The Morgan fingerprint density at radius 3 is 2.46 bits per heavy atom. The zero-order chi connectivity index (χ0) is 17.8. The predicted octanol–water partition coefficient (Wildman–Crippen LogP) is 3.26. The molecule has 0 saturated heterocycles. The molecule has 0 radical (unpaired) electrons. The van der Waals surface area contributed by atoms with E-state index < -0.39 is 0 Å². The van der Waals surface area contributed by atoms with Crippen LogP contribution in [0.1, 0.15) is 71.6 Å². The van der Waals surface area contributed by atoms with E-state index in [0.29, 0.717) is 11.5 Å². The van der Waals surface area contributed by atoms with E-state index in [4.69, 9.17) is 5.73 Å². The highest BCUT2D eigenvalue weighted by atomic mass is 35.5. The number of aliphatic hydroxyl groups is 1. The van der Waals surface area contributed by atoms with Gasteiger partial charge in [0.05, 0.1) is 12.6 Å². The number of hydrogen-bond acceptors (Lipinski definition) is 3. The third-order valence-electron chi connectivity index (χ3n) is 9.16. The van der Waals surface area contributed by atoms with E-state index in [1.807, 2.05) is 0 Å². The Morgan fingerprint density at radius 2 is 1.73 bits per heavy atom. The number of hydrogen-bond donors (Lipinski definition) is 3. The zero-order valence-electron chi connectivity index (χ0n) is 16.4. The lowest BCUT2D eigenvalue weighted by Gasteiger charge is -2.60. The summed E-state index contributed by atoms with van der Waals surface area (Å²) in [7, 11) is 0. The molecule has 0 aliphatic heterocycles. The molecule has 1 amide bonds. The van der Waals surface area contributed by atoms with Gasteiger partial charge in [-0.15, -0.1) is 12.4 Å². The van der Waals surface area contributed by atoms with Crippen molar-refractivity contribution in [3.05, 3.63) is 0 Å². The molecule has 0 spiro atoms. The van der Waals surface area contributed by atoms with Crippen LogP contribution in [0.4, 0.5) is 0 Å². The largest absolute Gasteiger partial charge is 0.393 e. The molecule has 4 nitrogen and oxygen atoms in total. The number of halogens is 1. The molecular weight excluding hydrogens is 348 g/mol. The summed E-state index contributed by atoms with van der Waals surface area (Å²) >= 11 is 0. The normalized spacial score (nSPS) is 50.0. The fourth-order valence-corrected chi connectivity index (χ4v) is 7.73. The van der Waals surface area contributed by atoms with E-state index in [2.05, 4.69) is 19.2 Å². The molecule has 26 heavy (non-hydrogen) atoms. The number of rotatable bonds is 2. The molecule has 4 aliphatic carbocycles. The number of carbonyl (C=O) groups excluding carboxylic acids is 1. The number of fused-ring (bicyclic) bond motifs is 5. The van der Waals surface area contributed by atoms with Crippen LogP contribution < -0.4 is 11.1 Å². The number of nitrogens with one attached hydrogen (secondary N) is 1. The van der Waals surface area contributed by atoms with Gasteiger partial charge in [-0.25, -0.2) is 0 Å². The molecule has 0 unspecified atom stereocenters. The minimum absolute atomic E-state index is 0. The molecule has 4 rings (SSSR count). The molecule has 0 aromatic carbocycles. The lowest BCUT2D eigenvalue weighted by molar-refractivity contribution is -0.129. The standard InChI is InChI=1S/C21H36N2O2.ClH/c1-20-9-7-14(24)11-13(20)3-4-15-16-5-6-18(23-19(25)12-22)21(16,2)10-8-17(15)20;/h13-18,24H,3-12,22H2,1-2H3,(H,23,25);1H/t13-,14-,15-,16-,17-,18-,20-,21-;/m0./s1. The number of amides is 1. The third kappa shape index (κ3) is 3.00. The molecule has 0 aromatic rings. The summed E-state index contributed by atoms with van der Waals surface area (Å²) in [5, 5.41) is 13.4. The van der Waals surface area contributed by atoms with E-state index in [9.17, 15) is 9.90 Å². The van der Waals surface area contributed by atoms with Gasteiger partial charge in [0, 0.05) is 6.04 Å². The lowest BCUT2D eigenvalue weighted by atomic mass is 9.45. The van der Waals surface area contributed by atoms with Crippen LogP contribution in [0.5, 0.6) is 0 Å². The van der Waals surface area contributed by atoms with Gasteiger partial charge in [-0.3, -0.25) is 4.79 Å². The maximum Gasteiger partial charge on any atom is 0.233 e.